The van der Waals surface area contributed by atoms with E-state index in [4.69, 9.17) is 5.26 Å². The molecular formula is C13H15N5. The van der Waals surface area contributed by atoms with E-state index in [-0.39, 0.29) is 0 Å². The predicted molar refractivity (Wildman–Crippen MR) is 69.0 cm³/mol. The minimum Gasteiger partial charge on any atom is -0.352 e. The number of hydrogen-bond donors (Lipinski definition) is 0. The van der Waals surface area contributed by atoms with Crippen LogP contribution in [-0.4, -0.2) is 21.6 Å². The van der Waals surface area contributed by atoms with E-state index in [1.165, 1.54) is 0 Å². The molecular weight excluding hydrogens is 226 g/mol. The molecule has 0 fully saturated rings. The molecule has 18 heavy (non-hydrogen) atoms. The quantitative estimate of drug-likeness (QED) is 0.819. The van der Waals surface area contributed by atoms with Crippen LogP contribution in [0.15, 0.2) is 24.5 Å². The highest BCUT2D eigenvalue weighted by molar-refractivity contribution is 5.46. The van der Waals surface area contributed by atoms with Crippen molar-refractivity contribution in [3.63, 3.8) is 0 Å². The molecule has 2 heterocycles. The van der Waals surface area contributed by atoms with Crippen molar-refractivity contribution >= 4 is 5.82 Å². The van der Waals surface area contributed by atoms with Gasteiger partial charge in [-0.3, -0.25) is 0 Å². The van der Waals surface area contributed by atoms with E-state index < -0.39 is 0 Å². The van der Waals surface area contributed by atoms with Crippen molar-refractivity contribution in [3.05, 3.63) is 41.6 Å². The largest absolute Gasteiger partial charge is 0.352 e. The number of rotatable bonds is 3. The summed E-state index contributed by atoms with van der Waals surface area (Å²) in [6.07, 6.45) is 3.68. The van der Waals surface area contributed by atoms with Crippen molar-refractivity contribution in [2.45, 2.75) is 13.5 Å². The Kier molecular flexibility index (Phi) is 3.28. The number of imidazole rings is 1. The average Bonchev–Trinajstić information content (AvgIpc) is 2.74. The van der Waals surface area contributed by atoms with Crippen LogP contribution in [0, 0.1) is 18.3 Å². The Hall–Kier alpha value is -2.35. The van der Waals surface area contributed by atoms with Crippen LogP contribution in [0.1, 0.15) is 17.1 Å². The molecule has 0 aliphatic heterocycles. The number of nitriles is 1. The first kappa shape index (κ1) is 12.1. The maximum atomic E-state index is 8.96. The highest BCUT2D eigenvalue weighted by atomic mass is 15.2. The van der Waals surface area contributed by atoms with E-state index in [1.807, 2.05) is 36.7 Å². The normalized spacial score (nSPS) is 10.1. The van der Waals surface area contributed by atoms with Gasteiger partial charge >= 0.3 is 0 Å². The van der Waals surface area contributed by atoms with Gasteiger partial charge in [-0.05, 0) is 19.1 Å². The highest BCUT2D eigenvalue weighted by Gasteiger charge is 2.08. The Morgan fingerprint density at radius 2 is 2.22 bits per heavy atom. The number of pyridine rings is 1. The van der Waals surface area contributed by atoms with E-state index in [2.05, 4.69) is 16.0 Å². The van der Waals surface area contributed by atoms with Gasteiger partial charge in [0.05, 0.1) is 18.2 Å². The summed E-state index contributed by atoms with van der Waals surface area (Å²) in [5.41, 5.74) is 1.47. The summed E-state index contributed by atoms with van der Waals surface area (Å²) in [5.74, 6) is 1.74. The smallest absolute Gasteiger partial charge is 0.130 e. The van der Waals surface area contributed by atoms with Crippen molar-refractivity contribution < 1.29 is 0 Å². The lowest BCUT2D eigenvalue weighted by Crippen LogP contribution is -2.20. The zero-order valence-corrected chi connectivity index (χ0v) is 10.8. The zero-order valence-electron chi connectivity index (χ0n) is 10.8. The monoisotopic (exact) mass is 241 g/mol. The summed E-state index contributed by atoms with van der Waals surface area (Å²) >= 11 is 0. The summed E-state index contributed by atoms with van der Waals surface area (Å²) in [5, 5.41) is 8.96. The summed E-state index contributed by atoms with van der Waals surface area (Å²) < 4.78 is 1.97. The molecule has 2 rings (SSSR count). The van der Waals surface area contributed by atoms with Gasteiger partial charge in [0, 0.05) is 32.2 Å². The minimum absolute atomic E-state index is 0.629. The number of aromatic nitrogens is 3. The summed E-state index contributed by atoms with van der Waals surface area (Å²) in [6.45, 7) is 2.55. The second-order valence-electron chi connectivity index (χ2n) is 4.28. The standard InChI is InChI=1S/C13H15N5/c1-10-6-11(8-14)7-12(16-10)18(3)9-13-15-4-5-17(13)2/h4-7H,9H2,1-3H3. The second-order valence-corrected chi connectivity index (χ2v) is 4.28. The third-order valence-electron chi connectivity index (χ3n) is 2.76. The molecule has 0 aliphatic rings. The Morgan fingerprint density at radius 1 is 1.44 bits per heavy atom. The molecule has 0 amide bonds. The molecule has 0 unspecified atom stereocenters. The number of hydrogen-bond acceptors (Lipinski definition) is 4. The van der Waals surface area contributed by atoms with Crippen LogP contribution < -0.4 is 4.90 Å². The fourth-order valence-electron chi connectivity index (χ4n) is 1.75. The van der Waals surface area contributed by atoms with Gasteiger partial charge in [-0.15, -0.1) is 0 Å². The molecule has 0 aliphatic carbocycles. The maximum Gasteiger partial charge on any atom is 0.130 e. The molecule has 0 aromatic carbocycles. The van der Waals surface area contributed by atoms with Crippen LogP contribution in [-0.2, 0) is 13.6 Å². The third kappa shape index (κ3) is 2.48. The van der Waals surface area contributed by atoms with Crippen molar-refractivity contribution in [2.24, 2.45) is 7.05 Å². The van der Waals surface area contributed by atoms with E-state index in [0.29, 0.717) is 12.1 Å². The first-order valence-electron chi connectivity index (χ1n) is 5.66. The van der Waals surface area contributed by atoms with Gasteiger partial charge in [0.2, 0.25) is 0 Å². The lowest BCUT2D eigenvalue weighted by Gasteiger charge is -2.18. The fourth-order valence-corrected chi connectivity index (χ4v) is 1.75. The van der Waals surface area contributed by atoms with Crippen LogP contribution in [0.2, 0.25) is 0 Å². The first-order valence-corrected chi connectivity index (χ1v) is 5.66. The van der Waals surface area contributed by atoms with Crippen LogP contribution in [0.4, 0.5) is 5.82 Å². The molecule has 0 saturated carbocycles. The first-order chi connectivity index (χ1) is 8.60. The Morgan fingerprint density at radius 3 is 2.83 bits per heavy atom. The lowest BCUT2D eigenvalue weighted by molar-refractivity contribution is 0.754. The fraction of sp³-hybridized carbons (Fsp3) is 0.308. The molecule has 0 spiro atoms. The van der Waals surface area contributed by atoms with Gasteiger partial charge < -0.3 is 9.47 Å². The average molecular weight is 241 g/mol. The Balaban J connectivity index is 2.24. The number of aryl methyl sites for hydroxylation is 2. The van der Waals surface area contributed by atoms with Crippen molar-refractivity contribution in [1.82, 2.24) is 14.5 Å². The molecule has 0 bridgehead atoms. The van der Waals surface area contributed by atoms with Gasteiger partial charge in [0.1, 0.15) is 11.6 Å². The van der Waals surface area contributed by atoms with Gasteiger partial charge in [-0.25, -0.2) is 9.97 Å². The third-order valence-corrected chi connectivity index (χ3v) is 2.76. The molecule has 0 atom stereocenters. The maximum absolute atomic E-state index is 8.96. The molecule has 2 aromatic rings. The zero-order chi connectivity index (χ0) is 13.1. The van der Waals surface area contributed by atoms with E-state index >= 15 is 0 Å². The van der Waals surface area contributed by atoms with Gasteiger partial charge in [-0.2, -0.15) is 5.26 Å². The highest BCUT2D eigenvalue weighted by Crippen LogP contribution is 2.15. The summed E-state index contributed by atoms with van der Waals surface area (Å²) in [4.78, 5) is 10.7. The van der Waals surface area contributed by atoms with Crippen LogP contribution in [0.25, 0.3) is 0 Å². The van der Waals surface area contributed by atoms with Gasteiger partial charge in [-0.1, -0.05) is 0 Å². The summed E-state index contributed by atoms with van der Waals surface area (Å²) in [7, 11) is 3.90. The molecule has 0 N–H and O–H groups in total. The second kappa shape index (κ2) is 4.88. The van der Waals surface area contributed by atoms with E-state index in [0.717, 1.165) is 17.3 Å². The molecule has 5 heteroatoms. The van der Waals surface area contributed by atoms with Crippen molar-refractivity contribution in [3.8, 4) is 6.07 Å². The SMILES string of the molecule is Cc1cc(C#N)cc(N(C)Cc2nccn2C)n1. The van der Waals surface area contributed by atoms with Crippen LogP contribution in [0.3, 0.4) is 0 Å². The lowest BCUT2D eigenvalue weighted by atomic mass is 10.2. The minimum atomic E-state index is 0.629. The van der Waals surface area contributed by atoms with Gasteiger partial charge in [0.15, 0.2) is 0 Å². The molecule has 5 nitrogen and oxygen atoms in total. The van der Waals surface area contributed by atoms with E-state index in [1.54, 1.807) is 18.3 Å². The number of anilines is 1. The van der Waals surface area contributed by atoms with Crippen molar-refractivity contribution in [1.29, 1.82) is 5.26 Å². The topological polar surface area (TPSA) is 57.7 Å². The predicted octanol–water partition coefficient (Wildman–Crippen LogP) is 1.63. The van der Waals surface area contributed by atoms with Crippen LogP contribution >= 0.6 is 0 Å². The molecule has 92 valence electrons. The van der Waals surface area contributed by atoms with Gasteiger partial charge in [0.25, 0.3) is 0 Å². The van der Waals surface area contributed by atoms with E-state index in [9.17, 15) is 0 Å². The molecule has 2 aromatic heterocycles. The van der Waals surface area contributed by atoms with Crippen molar-refractivity contribution in [2.75, 3.05) is 11.9 Å². The summed E-state index contributed by atoms with van der Waals surface area (Å²) in [6, 6.07) is 5.71. The number of nitrogens with zero attached hydrogens (tertiary/aromatic N) is 5. The molecule has 0 saturated heterocycles. The Bertz CT molecular complexity index is 594. The van der Waals surface area contributed by atoms with Crippen LogP contribution in [0.5, 0.6) is 0 Å². The Labute approximate surface area is 106 Å². The molecule has 0 radical (unpaired) electrons.